The van der Waals surface area contributed by atoms with Crippen molar-refractivity contribution >= 4 is 5.97 Å². The van der Waals surface area contributed by atoms with Gasteiger partial charge in [-0.25, -0.2) is 4.79 Å². The van der Waals surface area contributed by atoms with Crippen LogP contribution in [-0.4, -0.2) is 13.1 Å². The van der Waals surface area contributed by atoms with Gasteiger partial charge in [0, 0.05) is 0 Å². The Kier molecular flexibility index (Phi) is 5.00. The van der Waals surface area contributed by atoms with E-state index in [1.165, 1.54) is 44.8 Å². The predicted octanol–water partition coefficient (Wildman–Crippen LogP) is 4.19. The minimum atomic E-state index is -0.264. The van der Waals surface area contributed by atoms with E-state index in [1.54, 1.807) is 5.92 Å². The quantitative estimate of drug-likeness (QED) is 0.758. The number of hydrogen-bond donors (Lipinski definition) is 0. The van der Waals surface area contributed by atoms with Crippen LogP contribution >= 0.6 is 0 Å². The van der Waals surface area contributed by atoms with Crippen LogP contribution in [-0.2, 0) is 11.2 Å². The van der Waals surface area contributed by atoms with Gasteiger partial charge in [0.2, 0.25) is 0 Å². The van der Waals surface area contributed by atoms with Crippen molar-refractivity contribution in [2.75, 3.05) is 7.11 Å². The lowest BCUT2D eigenvalue weighted by Crippen LogP contribution is -2.15. The smallest absolute Gasteiger partial charge is 0.337 e. The molecule has 0 amide bonds. The molecule has 0 saturated heterocycles. The molecular weight excluding hydrogens is 236 g/mol. The molecule has 0 heterocycles. The molecule has 0 bridgehead atoms. The van der Waals surface area contributed by atoms with E-state index in [-0.39, 0.29) is 5.97 Å². The molecule has 103 valence electrons. The summed E-state index contributed by atoms with van der Waals surface area (Å²) in [6, 6.07) is 7.79. The monoisotopic (exact) mass is 259 g/mol. The molecule has 1 aliphatic rings. The maximum Gasteiger partial charge on any atom is 0.337 e. The van der Waals surface area contributed by atoms with Crippen molar-refractivity contribution in [3.63, 3.8) is 0 Å². The SMILES string of the molecule is COC(=O)c1ccc(C[C](C)C2CCCCC2)cc1. The second-order valence-electron chi connectivity index (χ2n) is 5.55. The number of benzene rings is 1. The van der Waals surface area contributed by atoms with Crippen LogP contribution in [0.4, 0.5) is 0 Å². The van der Waals surface area contributed by atoms with Crippen molar-refractivity contribution < 1.29 is 9.53 Å². The molecule has 0 N–H and O–H groups in total. The summed E-state index contributed by atoms with van der Waals surface area (Å²) >= 11 is 0. The lowest BCUT2D eigenvalue weighted by atomic mass is 9.78. The average molecular weight is 259 g/mol. The molecule has 1 saturated carbocycles. The fourth-order valence-corrected chi connectivity index (χ4v) is 2.94. The predicted molar refractivity (Wildman–Crippen MR) is 77.0 cm³/mol. The minimum Gasteiger partial charge on any atom is -0.465 e. The normalized spacial score (nSPS) is 16.6. The summed E-state index contributed by atoms with van der Waals surface area (Å²) < 4.78 is 4.71. The molecule has 1 fully saturated rings. The standard InChI is InChI=1S/C17H23O2/c1-13(15-6-4-3-5-7-15)12-14-8-10-16(11-9-14)17(18)19-2/h8-11,15H,3-7,12H2,1-2H3. The van der Waals surface area contributed by atoms with Gasteiger partial charge in [0.25, 0.3) is 0 Å². The second-order valence-corrected chi connectivity index (χ2v) is 5.55. The van der Waals surface area contributed by atoms with Crippen LogP contribution in [0.2, 0.25) is 0 Å². The lowest BCUT2D eigenvalue weighted by Gasteiger charge is -2.27. The van der Waals surface area contributed by atoms with E-state index in [0.717, 1.165) is 12.3 Å². The highest BCUT2D eigenvalue weighted by molar-refractivity contribution is 5.89. The van der Waals surface area contributed by atoms with E-state index in [9.17, 15) is 4.79 Å². The summed E-state index contributed by atoms with van der Waals surface area (Å²) in [5.41, 5.74) is 1.91. The summed E-state index contributed by atoms with van der Waals surface area (Å²) in [5, 5.41) is 0. The molecular formula is C17H23O2. The van der Waals surface area contributed by atoms with E-state index < -0.39 is 0 Å². The molecule has 2 nitrogen and oxygen atoms in total. The average Bonchev–Trinajstić information content (AvgIpc) is 2.48. The van der Waals surface area contributed by atoms with Gasteiger partial charge in [0.1, 0.15) is 0 Å². The van der Waals surface area contributed by atoms with Gasteiger partial charge in [0.05, 0.1) is 12.7 Å². The van der Waals surface area contributed by atoms with E-state index >= 15 is 0 Å². The van der Waals surface area contributed by atoms with Crippen molar-refractivity contribution in [2.45, 2.75) is 45.4 Å². The Hall–Kier alpha value is -1.31. The lowest BCUT2D eigenvalue weighted by molar-refractivity contribution is 0.0600. The van der Waals surface area contributed by atoms with Crippen LogP contribution in [0.25, 0.3) is 0 Å². The Morgan fingerprint density at radius 2 is 1.79 bits per heavy atom. The molecule has 2 rings (SSSR count). The molecule has 0 spiro atoms. The van der Waals surface area contributed by atoms with E-state index in [0.29, 0.717) is 5.56 Å². The number of ether oxygens (including phenoxy) is 1. The Morgan fingerprint density at radius 1 is 1.16 bits per heavy atom. The van der Waals surface area contributed by atoms with Crippen LogP contribution in [0.5, 0.6) is 0 Å². The van der Waals surface area contributed by atoms with Gasteiger partial charge in [-0.2, -0.15) is 0 Å². The number of carbonyl (C=O) groups excluding carboxylic acids is 1. The molecule has 0 aromatic heterocycles. The molecule has 0 atom stereocenters. The van der Waals surface area contributed by atoms with E-state index in [4.69, 9.17) is 4.74 Å². The molecule has 1 aromatic rings. The van der Waals surface area contributed by atoms with Crippen LogP contribution in [0.3, 0.4) is 0 Å². The van der Waals surface area contributed by atoms with Gasteiger partial charge in [0.15, 0.2) is 0 Å². The first kappa shape index (κ1) is 14.1. The van der Waals surface area contributed by atoms with Gasteiger partial charge in [-0.1, -0.05) is 38.3 Å². The van der Waals surface area contributed by atoms with Crippen LogP contribution in [0.1, 0.15) is 54.9 Å². The van der Waals surface area contributed by atoms with E-state index in [1.807, 2.05) is 24.3 Å². The van der Waals surface area contributed by atoms with Gasteiger partial charge >= 0.3 is 5.97 Å². The molecule has 1 aliphatic carbocycles. The first-order valence-electron chi connectivity index (χ1n) is 7.20. The maximum atomic E-state index is 11.4. The summed E-state index contributed by atoms with van der Waals surface area (Å²) in [4.78, 5) is 11.4. The molecule has 0 aliphatic heterocycles. The molecule has 19 heavy (non-hydrogen) atoms. The molecule has 0 unspecified atom stereocenters. The fraction of sp³-hybridized carbons (Fsp3) is 0.529. The number of esters is 1. The zero-order valence-electron chi connectivity index (χ0n) is 11.9. The summed E-state index contributed by atoms with van der Waals surface area (Å²) in [5.74, 6) is 2.12. The van der Waals surface area contributed by atoms with E-state index in [2.05, 4.69) is 6.92 Å². The van der Waals surface area contributed by atoms with Crippen molar-refractivity contribution in [1.82, 2.24) is 0 Å². The van der Waals surface area contributed by atoms with Gasteiger partial charge < -0.3 is 4.74 Å². The van der Waals surface area contributed by atoms with Crippen LogP contribution < -0.4 is 0 Å². The van der Waals surface area contributed by atoms with Crippen molar-refractivity contribution in [2.24, 2.45) is 5.92 Å². The summed E-state index contributed by atoms with van der Waals surface area (Å²) in [7, 11) is 1.41. The number of carbonyl (C=O) groups is 1. The molecule has 1 radical (unpaired) electrons. The fourth-order valence-electron chi connectivity index (χ4n) is 2.94. The zero-order chi connectivity index (χ0) is 13.7. The number of rotatable bonds is 4. The topological polar surface area (TPSA) is 26.3 Å². The van der Waals surface area contributed by atoms with Gasteiger partial charge in [-0.15, -0.1) is 0 Å². The van der Waals surface area contributed by atoms with Crippen LogP contribution in [0, 0.1) is 11.8 Å². The van der Waals surface area contributed by atoms with Crippen molar-refractivity contribution in [3.05, 3.63) is 41.3 Å². The second kappa shape index (κ2) is 6.74. The minimum absolute atomic E-state index is 0.264. The third-order valence-electron chi connectivity index (χ3n) is 4.16. The highest BCUT2D eigenvalue weighted by Gasteiger charge is 2.20. The Labute approximate surface area is 116 Å². The number of hydrogen-bond acceptors (Lipinski definition) is 2. The first-order valence-corrected chi connectivity index (χ1v) is 7.20. The Bertz CT molecular complexity index is 402. The largest absolute Gasteiger partial charge is 0.465 e. The van der Waals surface area contributed by atoms with Gasteiger partial charge in [-0.3, -0.25) is 0 Å². The van der Waals surface area contributed by atoms with Crippen molar-refractivity contribution in [1.29, 1.82) is 0 Å². The molecule has 1 aromatic carbocycles. The Morgan fingerprint density at radius 3 is 2.37 bits per heavy atom. The van der Waals surface area contributed by atoms with Gasteiger partial charge in [-0.05, 0) is 48.8 Å². The highest BCUT2D eigenvalue weighted by Crippen LogP contribution is 2.32. The Balaban J connectivity index is 1.93. The zero-order valence-corrected chi connectivity index (χ0v) is 11.9. The van der Waals surface area contributed by atoms with Crippen molar-refractivity contribution in [3.8, 4) is 0 Å². The maximum absolute atomic E-state index is 11.4. The molecule has 2 heteroatoms. The first-order chi connectivity index (χ1) is 9.20. The van der Waals surface area contributed by atoms with Crippen LogP contribution in [0.15, 0.2) is 24.3 Å². The number of methoxy groups -OCH3 is 1. The third kappa shape index (κ3) is 3.82. The highest BCUT2D eigenvalue weighted by atomic mass is 16.5. The summed E-state index contributed by atoms with van der Waals surface area (Å²) in [6.45, 7) is 2.28. The summed E-state index contributed by atoms with van der Waals surface area (Å²) in [6.07, 6.45) is 7.90. The third-order valence-corrected chi connectivity index (χ3v) is 4.16.